The van der Waals surface area contributed by atoms with Gasteiger partial charge in [0.15, 0.2) is 5.82 Å². The van der Waals surface area contributed by atoms with Gasteiger partial charge in [-0.1, -0.05) is 17.7 Å². The number of H-pyrrole nitrogens is 1. The van der Waals surface area contributed by atoms with Gasteiger partial charge in [0.1, 0.15) is 0 Å². The number of nitrogens with one attached hydrogen (secondary N) is 1. The van der Waals surface area contributed by atoms with Crippen LogP contribution >= 0.6 is 0 Å². The van der Waals surface area contributed by atoms with Gasteiger partial charge in [-0.15, -0.1) is 16.8 Å². The summed E-state index contributed by atoms with van der Waals surface area (Å²) in [6, 6.07) is 7.07. The summed E-state index contributed by atoms with van der Waals surface area (Å²) < 4.78 is 2.64. The SMILES string of the molecule is C=CCN1C[C@H](C)N([C@H](C2CCC(c3nn[nH]n3)CC2)C2CCCC(n3c(C)ccc3C)C2)C[C@H]1C. The molecule has 3 fully saturated rings. The van der Waals surface area contributed by atoms with Crippen molar-refractivity contribution in [1.82, 2.24) is 35.0 Å². The van der Waals surface area contributed by atoms with Crippen molar-refractivity contribution in [2.45, 2.75) is 109 Å². The topological polar surface area (TPSA) is 65.9 Å². The molecule has 7 nitrogen and oxygen atoms in total. The maximum atomic E-state index is 4.32. The third kappa shape index (κ3) is 5.19. The van der Waals surface area contributed by atoms with Gasteiger partial charge in [-0.25, -0.2) is 0 Å². The number of rotatable bonds is 7. The molecular weight excluding hydrogens is 446 g/mol. The van der Waals surface area contributed by atoms with E-state index in [1.165, 1.54) is 69.3 Å². The van der Waals surface area contributed by atoms with Crippen LogP contribution in [0.25, 0.3) is 0 Å². The van der Waals surface area contributed by atoms with Gasteiger partial charge < -0.3 is 4.57 Å². The van der Waals surface area contributed by atoms with E-state index in [2.05, 4.69) is 87.5 Å². The largest absolute Gasteiger partial charge is 0.346 e. The highest BCUT2D eigenvalue weighted by Crippen LogP contribution is 2.45. The summed E-state index contributed by atoms with van der Waals surface area (Å²) in [6.07, 6.45) is 12.4. The minimum atomic E-state index is 0.464. The molecule has 1 N–H and O–H groups in total. The van der Waals surface area contributed by atoms with Gasteiger partial charge in [-0.2, -0.15) is 5.21 Å². The minimum Gasteiger partial charge on any atom is -0.346 e. The van der Waals surface area contributed by atoms with Crippen molar-refractivity contribution in [1.29, 1.82) is 0 Å². The van der Waals surface area contributed by atoms with E-state index in [0.717, 1.165) is 30.7 Å². The minimum absolute atomic E-state index is 0.464. The molecule has 0 amide bonds. The average Bonchev–Trinajstić information content (AvgIpc) is 3.53. The van der Waals surface area contributed by atoms with Crippen molar-refractivity contribution in [2.24, 2.45) is 11.8 Å². The first-order valence-electron chi connectivity index (χ1n) is 14.4. The normalized spacial score (nSPS) is 33.4. The first-order valence-corrected chi connectivity index (χ1v) is 14.4. The molecule has 1 aliphatic heterocycles. The standard InChI is InChI=1S/C29H47N7/c1-6-16-34-18-23(5)35(19-22(34)4)28(24-12-14-25(15-13-24)29-30-32-33-31-29)26-8-7-9-27(17-26)36-20(2)10-11-21(36)3/h6,10-11,22-28H,1,7-9,12-19H2,2-5H3,(H,30,31,32,33)/t22-,23+,24?,25?,26?,27?,28-/m1/s1. The molecule has 2 aliphatic carbocycles. The Kier molecular flexibility index (Phi) is 7.96. The molecule has 7 heteroatoms. The van der Waals surface area contributed by atoms with Crippen LogP contribution in [0.15, 0.2) is 24.8 Å². The lowest BCUT2D eigenvalue weighted by atomic mass is 9.69. The fraction of sp³-hybridized carbons (Fsp3) is 0.759. The number of tetrazole rings is 1. The number of aromatic nitrogens is 5. The molecule has 2 unspecified atom stereocenters. The van der Waals surface area contributed by atoms with Crippen molar-refractivity contribution in [2.75, 3.05) is 19.6 Å². The number of aryl methyl sites for hydroxylation is 2. The number of nitrogens with zero attached hydrogens (tertiary/aromatic N) is 6. The lowest BCUT2D eigenvalue weighted by molar-refractivity contribution is -0.0370. The van der Waals surface area contributed by atoms with Crippen LogP contribution < -0.4 is 0 Å². The van der Waals surface area contributed by atoms with Crippen molar-refractivity contribution in [3.05, 3.63) is 42.0 Å². The average molecular weight is 494 g/mol. The van der Waals surface area contributed by atoms with Crippen LogP contribution in [0.3, 0.4) is 0 Å². The molecule has 2 aromatic rings. The Morgan fingerprint density at radius 1 is 1.00 bits per heavy atom. The summed E-state index contributed by atoms with van der Waals surface area (Å²) in [7, 11) is 0. The highest BCUT2D eigenvalue weighted by Gasteiger charge is 2.43. The highest BCUT2D eigenvalue weighted by atomic mass is 15.5. The molecule has 5 rings (SSSR count). The Morgan fingerprint density at radius 2 is 1.75 bits per heavy atom. The monoisotopic (exact) mass is 493 g/mol. The van der Waals surface area contributed by atoms with Gasteiger partial charge in [-0.3, -0.25) is 9.80 Å². The maximum absolute atomic E-state index is 4.32. The van der Waals surface area contributed by atoms with Gasteiger partial charge in [0.05, 0.1) is 0 Å². The van der Waals surface area contributed by atoms with E-state index in [1.54, 1.807) is 0 Å². The zero-order valence-corrected chi connectivity index (χ0v) is 22.9. The van der Waals surface area contributed by atoms with Gasteiger partial charge in [0, 0.05) is 61.1 Å². The van der Waals surface area contributed by atoms with E-state index >= 15 is 0 Å². The Balaban J connectivity index is 1.38. The predicted octanol–water partition coefficient (Wildman–Crippen LogP) is 5.27. The summed E-state index contributed by atoms with van der Waals surface area (Å²) >= 11 is 0. The summed E-state index contributed by atoms with van der Waals surface area (Å²) in [5.41, 5.74) is 2.85. The summed E-state index contributed by atoms with van der Waals surface area (Å²) in [5, 5.41) is 15.1. The Morgan fingerprint density at radius 3 is 2.42 bits per heavy atom. The second-order valence-corrected chi connectivity index (χ2v) is 12.1. The lowest BCUT2D eigenvalue weighted by Gasteiger charge is -2.53. The van der Waals surface area contributed by atoms with Gasteiger partial charge >= 0.3 is 0 Å². The van der Waals surface area contributed by atoms with Crippen LogP contribution in [-0.4, -0.2) is 72.8 Å². The molecule has 0 aromatic carbocycles. The third-order valence-corrected chi connectivity index (χ3v) is 9.75. The van der Waals surface area contributed by atoms with Gasteiger partial charge in [-0.05, 0) is 96.6 Å². The lowest BCUT2D eigenvalue weighted by Crippen LogP contribution is -2.62. The molecule has 0 spiro atoms. The van der Waals surface area contributed by atoms with Crippen LogP contribution in [0.1, 0.15) is 94.4 Å². The van der Waals surface area contributed by atoms with E-state index in [9.17, 15) is 0 Å². The van der Waals surface area contributed by atoms with Crippen LogP contribution in [0.5, 0.6) is 0 Å². The van der Waals surface area contributed by atoms with Crippen molar-refractivity contribution < 1.29 is 0 Å². The molecule has 198 valence electrons. The zero-order chi connectivity index (χ0) is 25.2. The summed E-state index contributed by atoms with van der Waals surface area (Å²) in [4.78, 5) is 5.57. The van der Waals surface area contributed by atoms with Crippen LogP contribution in [0.4, 0.5) is 0 Å². The molecule has 0 radical (unpaired) electrons. The fourth-order valence-electron chi connectivity index (χ4n) is 8.05. The predicted molar refractivity (Wildman–Crippen MR) is 145 cm³/mol. The van der Waals surface area contributed by atoms with Crippen molar-refractivity contribution in [3.63, 3.8) is 0 Å². The van der Waals surface area contributed by atoms with E-state index in [4.69, 9.17) is 0 Å². The Bertz CT molecular complexity index is 954. The van der Waals surface area contributed by atoms with E-state index in [1.807, 2.05) is 0 Å². The molecule has 36 heavy (non-hydrogen) atoms. The third-order valence-electron chi connectivity index (χ3n) is 9.75. The molecule has 2 saturated carbocycles. The first kappa shape index (κ1) is 25.7. The molecule has 2 aromatic heterocycles. The highest BCUT2D eigenvalue weighted by molar-refractivity contribution is 5.15. The molecule has 3 aliphatic rings. The second kappa shape index (κ2) is 11.2. The van der Waals surface area contributed by atoms with Crippen molar-refractivity contribution in [3.8, 4) is 0 Å². The van der Waals surface area contributed by atoms with E-state index in [-0.39, 0.29) is 0 Å². The van der Waals surface area contributed by atoms with E-state index in [0.29, 0.717) is 30.1 Å². The van der Waals surface area contributed by atoms with Crippen LogP contribution in [0, 0.1) is 25.7 Å². The van der Waals surface area contributed by atoms with Crippen LogP contribution in [-0.2, 0) is 0 Å². The maximum Gasteiger partial charge on any atom is 0.177 e. The first-order chi connectivity index (χ1) is 17.5. The quantitative estimate of drug-likeness (QED) is 0.532. The Labute approximate surface area is 217 Å². The number of hydrogen-bond donors (Lipinski definition) is 1. The second-order valence-electron chi connectivity index (χ2n) is 12.1. The molecular formula is C29H47N7. The Hall–Kier alpha value is -1.99. The summed E-state index contributed by atoms with van der Waals surface area (Å²) in [6.45, 7) is 16.8. The van der Waals surface area contributed by atoms with E-state index < -0.39 is 0 Å². The molecule has 0 bridgehead atoms. The number of piperazine rings is 1. The smallest absolute Gasteiger partial charge is 0.177 e. The molecule has 3 heterocycles. The van der Waals surface area contributed by atoms with Gasteiger partial charge in [0.2, 0.25) is 0 Å². The fourth-order valence-corrected chi connectivity index (χ4v) is 8.05. The molecule has 1 saturated heterocycles. The van der Waals surface area contributed by atoms with Crippen LogP contribution in [0.2, 0.25) is 0 Å². The summed E-state index contributed by atoms with van der Waals surface area (Å²) in [5.74, 6) is 2.90. The number of hydrogen-bond acceptors (Lipinski definition) is 5. The van der Waals surface area contributed by atoms with Gasteiger partial charge in [0.25, 0.3) is 0 Å². The number of aromatic amines is 1. The zero-order valence-electron chi connectivity index (χ0n) is 22.9. The van der Waals surface area contributed by atoms with Crippen molar-refractivity contribution >= 4 is 0 Å². The molecule has 5 atom stereocenters.